The summed E-state index contributed by atoms with van der Waals surface area (Å²) in [6, 6.07) is 7.40. The Kier molecular flexibility index (Phi) is 6.01. The van der Waals surface area contributed by atoms with Gasteiger partial charge in [0.05, 0.1) is 6.10 Å². The van der Waals surface area contributed by atoms with Gasteiger partial charge < -0.3 is 15.3 Å². The summed E-state index contributed by atoms with van der Waals surface area (Å²) in [5.74, 6) is -0.0274. The van der Waals surface area contributed by atoms with Crippen LogP contribution in [0.1, 0.15) is 29.6 Å². The van der Waals surface area contributed by atoms with Crippen molar-refractivity contribution < 1.29 is 9.90 Å². The number of amides is 1. The van der Waals surface area contributed by atoms with E-state index in [-0.39, 0.29) is 12.0 Å². The van der Waals surface area contributed by atoms with Crippen LogP contribution in [0.5, 0.6) is 0 Å². The van der Waals surface area contributed by atoms with Crippen LogP contribution in [-0.2, 0) is 0 Å². The van der Waals surface area contributed by atoms with Crippen LogP contribution in [0, 0.1) is 0 Å². The zero-order valence-corrected chi connectivity index (χ0v) is 13.1. The number of hydrogen-bond donors (Lipinski definition) is 2. The molecule has 5 heteroatoms. The third-order valence-electron chi connectivity index (χ3n) is 3.58. The van der Waals surface area contributed by atoms with Crippen molar-refractivity contribution in [1.82, 2.24) is 10.2 Å². The fourth-order valence-electron chi connectivity index (χ4n) is 2.38. The molecule has 1 aliphatic heterocycles. The molecule has 0 bridgehead atoms. The van der Waals surface area contributed by atoms with Gasteiger partial charge in [0.15, 0.2) is 0 Å². The van der Waals surface area contributed by atoms with E-state index >= 15 is 0 Å². The van der Waals surface area contributed by atoms with Gasteiger partial charge in [0.1, 0.15) is 0 Å². The number of carbonyl (C=O) groups is 1. The number of piperidine rings is 1. The topological polar surface area (TPSA) is 52.6 Å². The summed E-state index contributed by atoms with van der Waals surface area (Å²) in [7, 11) is 0. The molecule has 0 radical (unpaired) electrons. The maximum Gasteiger partial charge on any atom is 0.251 e. The summed E-state index contributed by atoms with van der Waals surface area (Å²) < 4.78 is 0.914. The van der Waals surface area contributed by atoms with Crippen LogP contribution in [0.15, 0.2) is 28.7 Å². The number of nitrogens with one attached hydrogen (secondary N) is 1. The Balaban J connectivity index is 1.64. The van der Waals surface area contributed by atoms with E-state index in [2.05, 4.69) is 26.1 Å². The normalized spacial score (nSPS) is 17.1. The first-order valence-corrected chi connectivity index (χ1v) is 7.88. The fourth-order valence-corrected chi connectivity index (χ4v) is 2.78. The molecule has 0 saturated carbocycles. The second-order valence-corrected chi connectivity index (χ2v) is 6.11. The average Bonchev–Trinajstić information content (AvgIpc) is 2.45. The Hall–Kier alpha value is -0.910. The molecule has 0 atom stereocenters. The molecule has 4 nitrogen and oxygen atoms in total. The predicted octanol–water partition coefficient (Wildman–Crippen LogP) is 2.03. The number of hydrogen-bond acceptors (Lipinski definition) is 3. The lowest BCUT2D eigenvalue weighted by atomic mass is 10.1. The minimum absolute atomic E-state index is 0.0274. The van der Waals surface area contributed by atoms with E-state index in [9.17, 15) is 9.90 Å². The highest BCUT2D eigenvalue weighted by atomic mass is 79.9. The van der Waals surface area contributed by atoms with E-state index < -0.39 is 0 Å². The van der Waals surface area contributed by atoms with Crippen LogP contribution in [0.25, 0.3) is 0 Å². The van der Waals surface area contributed by atoms with Crippen LogP contribution < -0.4 is 5.32 Å². The molecule has 0 unspecified atom stereocenters. The maximum atomic E-state index is 11.9. The second-order valence-electron chi connectivity index (χ2n) is 5.19. The van der Waals surface area contributed by atoms with E-state index in [4.69, 9.17) is 0 Å². The van der Waals surface area contributed by atoms with Crippen molar-refractivity contribution in [3.63, 3.8) is 0 Å². The van der Waals surface area contributed by atoms with E-state index in [0.717, 1.165) is 43.4 Å². The van der Waals surface area contributed by atoms with Crippen molar-refractivity contribution in [3.05, 3.63) is 34.3 Å². The first kappa shape index (κ1) is 15.5. The minimum Gasteiger partial charge on any atom is -0.393 e. The highest BCUT2D eigenvalue weighted by Gasteiger charge is 2.16. The van der Waals surface area contributed by atoms with Gasteiger partial charge in [0, 0.05) is 29.7 Å². The monoisotopic (exact) mass is 340 g/mol. The van der Waals surface area contributed by atoms with Crippen molar-refractivity contribution in [3.8, 4) is 0 Å². The van der Waals surface area contributed by atoms with Crippen LogP contribution in [0.4, 0.5) is 0 Å². The summed E-state index contributed by atoms with van der Waals surface area (Å²) in [5.41, 5.74) is 0.681. The highest BCUT2D eigenvalue weighted by Crippen LogP contribution is 2.12. The Morgan fingerprint density at radius 3 is 2.85 bits per heavy atom. The van der Waals surface area contributed by atoms with Gasteiger partial charge in [0.25, 0.3) is 5.91 Å². The van der Waals surface area contributed by atoms with Gasteiger partial charge in [-0.15, -0.1) is 0 Å². The standard InChI is InChI=1S/C15H21BrN2O2/c16-13-4-1-3-12(11-13)15(20)17-7-2-8-18-9-5-14(19)6-10-18/h1,3-4,11,14,19H,2,5-10H2,(H,17,20). The average molecular weight is 341 g/mol. The number of aliphatic hydroxyl groups is 1. The Morgan fingerprint density at radius 1 is 1.40 bits per heavy atom. The van der Waals surface area contributed by atoms with Gasteiger partial charge in [0.2, 0.25) is 0 Å². The van der Waals surface area contributed by atoms with E-state index in [1.807, 2.05) is 24.3 Å². The lowest BCUT2D eigenvalue weighted by molar-refractivity contribution is 0.0816. The van der Waals surface area contributed by atoms with Gasteiger partial charge in [-0.1, -0.05) is 22.0 Å². The molecule has 1 aliphatic rings. The van der Waals surface area contributed by atoms with Crippen LogP contribution in [0.3, 0.4) is 0 Å². The van der Waals surface area contributed by atoms with Crippen LogP contribution in [0.2, 0.25) is 0 Å². The van der Waals surface area contributed by atoms with E-state index in [1.165, 1.54) is 0 Å². The lowest BCUT2D eigenvalue weighted by Crippen LogP contribution is -2.37. The second kappa shape index (κ2) is 7.76. The zero-order chi connectivity index (χ0) is 14.4. The summed E-state index contributed by atoms with van der Waals surface area (Å²) in [5, 5.41) is 12.4. The van der Waals surface area contributed by atoms with Gasteiger partial charge in [-0.3, -0.25) is 4.79 Å². The summed E-state index contributed by atoms with van der Waals surface area (Å²) in [4.78, 5) is 14.3. The number of benzene rings is 1. The summed E-state index contributed by atoms with van der Waals surface area (Å²) in [6.45, 7) is 3.58. The first-order valence-electron chi connectivity index (χ1n) is 7.09. The molecule has 1 heterocycles. The highest BCUT2D eigenvalue weighted by molar-refractivity contribution is 9.10. The maximum absolute atomic E-state index is 11.9. The van der Waals surface area contributed by atoms with Crippen LogP contribution in [-0.4, -0.2) is 48.2 Å². The molecule has 2 rings (SSSR count). The Labute approximate surface area is 128 Å². The molecule has 1 amide bonds. The van der Waals surface area contributed by atoms with Crippen LogP contribution >= 0.6 is 15.9 Å². The molecule has 1 aromatic rings. The lowest BCUT2D eigenvalue weighted by Gasteiger charge is -2.29. The molecule has 1 saturated heterocycles. The molecular weight excluding hydrogens is 320 g/mol. The largest absolute Gasteiger partial charge is 0.393 e. The van der Waals surface area contributed by atoms with E-state index in [1.54, 1.807) is 0 Å². The van der Waals surface area contributed by atoms with Crippen molar-refractivity contribution in [2.45, 2.75) is 25.4 Å². The molecule has 1 aromatic carbocycles. The number of carbonyl (C=O) groups excluding carboxylic acids is 1. The van der Waals surface area contributed by atoms with Gasteiger partial charge in [-0.2, -0.15) is 0 Å². The number of halogens is 1. The molecule has 110 valence electrons. The minimum atomic E-state index is -0.123. The van der Waals surface area contributed by atoms with E-state index in [0.29, 0.717) is 12.1 Å². The number of nitrogens with zero attached hydrogens (tertiary/aromatic N) is 1. The van der Waals surface area contributed by atoms with Crippen molar-refractivity contribution in [1.29, 1.82) is 0 Å². The number of likely N-dealkylation sites (tertiary alicyclic amines) is 1. The van der Waals surface area contributed by atoms with Gasteiger partial charge in [-0.25, -0.2) is 0 Å². The Bertz CT molecular complexity index is 445. The predicted molar refractivity (Wildman–Crippen MR) is 82.8 cm³/mol. The SMILES string of the molecule is O=C(NCCCN1CCC(O)CC1)c1cccc(Br)c1. The van der Waals surface area contributed by atoms with Gasteiger partial charge >= 0.3 is 0 Å². The van der Waals surface area contributed by atoms with Gasteiger partial charge in [-0.05, 0) is 44.0 Å². The molecule has 0 aliphatic carbocycles. The molecule has 20 heavy (non-hydrogen) atoms. The fraction of sp³-hybridized carbons (Fsp3) is 0.533. The molecular formula is C15H21BrN2O2. The third-order valence-corrected chi connectivity index (χ3v) is 4.07. The smallest absolute Gasteiger partial charge is 0.251 e. The third kappa shape index (κ3) is 4.89. The van der Waals surface area contributed by atoms with Crippen molar-refractivity contribution >= 4 is 21.8 Å². The molecule has 0 aromatic heterocycles. The summed E-state index contributed by atoms with van der Waals surface area (Å²) in [6.07, 6.45) is 2.55. The Morgan fingerprint density at radius 2 is 2.15 bits per heavy atom. The quantitative estimate of drug-likeness (QED) is 0.806. The molecule has 1 fully saturated rings. The summed E-state index contributed by atoms with van der Waals surface area (Å²) >= 11 is 3.36. The molecule has 2 N–H and O–H groups in total. The van der Waals surface area contributed by atoms with Crippen molar-refractivity contribution in [2.75, 3.05) is 26.2 Å². The zero-order valence-electron chi connectivity index (χ0n) is 11.5. The number of rotatable bonds is 5. The molecule has 0 spiro atoms. The first-order chi connectivity index (χ1) is 9.65. The number of aliphatic hydroxyl groups excluding tert-OH is 1. The van der Waals surface area contributed by atoms with Crippen molar-refractivity contribution in [2.24, 2.45) is 0 Å².